The monoisotopic (exact) mass is 488 g/mol. The highest BCUT2D eigenvalue weighted by Crippen LogP contribution is 2.33. The summed E-state index contributed by atoms with van der Waals surface area (Å²) < 4.78 is 7.14. The van der Waals surface area contributed by atoms with Crippen molar-refractivity contribution in [3.63, 3.8) is 0 Å². The van der Waals surface area contributed by atoms with Crippen molar-refractivity contribution < 1.29 is 9.53 Å². The van der Waals surface area contributed by atoms with E-state index in [9.17, 15) is 4.79 Å². The normalized spacial score (nSPS) is 16.2. The number of urea groups is 1. The maximum atomic E-state index is 12.8. The first-order valence-corrected chi connectivity index (χ1v) is 10.7. The van der Waals surface area contributed by atoms with Crippen molar-refractivity contribution in [3.05, 3.63) is 47.2 Å². The van der Waals surface area contributed by atoms with Crippen LogP contribution >= 0.6 is 23.2 Å². The number of hydrogen-bond acceptors (Lipinski definition) is 8. The summed E-state index contributed by atoms with van der Waals surface area (Å²) in [6.07, 6.45) is 7.66. The van der Waals surface area contributed by atoms with E-state index >= 15 is 0 Å². The van der Waals surface area contributed by atoms with Gasteiger partial charge < -0.3 is 20.3 Å². The number of rotatable bonds is 4. The molecule has 2 amide bonds. The lowest BCUT2D eigenvalue weighted by molar-refractivity contribution is 0.0991. The second-order valence-electron chi connectivity index (χ2n) is 7.28. The molecule has 1 atom stereocenters. The molecule has 12 nitrogen and oxygen atoms in total. The molecular weight excluding hydrogens is 471 g/mol. The van der Waals surface area contributed by atoms with Crippen LogP contribution in [0.15, 0.2) is 37.1 Å². The van der Waals surface area contributed by atoms with Crippen LogP contribution in [0.4, 0.5) is 21.9 Å². The summed E-state index contributed by atoms with van der Waals surface area (Å²) in [6.45, 7) is 3.77. The van der Waals surface area contributed by atoms with Gasteiger partial charge >= 0.3 is 6.03 Å². The number of ether oxygens (including phenoxy) is 1. The van der Waals surface area contributed by atoms with Crippen molar-refractivity contribution in [1.29, 1.82) is 0 Å². The zero-order valence-corrected chi connectivity index (χ0v) is 18.8. The summed E-state index contributed by atoms with van der Waals surface area (Å²) in [5.74, 6) is 0.349. The zero-order valence-electron chi connectivity index (χ0n) is 17.3. The van der Waals surface area contributed by atoms with Gasteiger partial charge in [0.05, 0.1) is 60.6 Å². The van der Waals surface area contributed by atoms with E-state index in [2.05, 4.69) is 40.8 Å². The van der Waals surface area contributed by atoms with Crippen LogP contribution in [0, 0.1) is 0 Å². The van der Waals surface area contributed by atoms with Crippen molar-refractivity contribution in [3.8, 4) is 5.82 Å². The molecule has 0 saturated carbocycles. The van der Waals surface area contributed by atoms with Gasteiger partial charge in [-0.25, -0.2) is 19.3 Å². The van der Waals surface area contributed by atoms with Crippen molar-refractivity contribution >= 4 is 51.9 Å². The Bertz CT molecular complexity index is 1310. The lowest BCUT2D eigenvalue weighted by Crippen LogP contribution is -2.44. The highest BCUT2D eigenvalue weighted by Gasteiger charge is 2.26. The van der Waals surface area contributed by atoms with Crippen LogP contribution in [0.5, 0.6) is 0 Å². The zero-order chi connectivity index (χ0) is 22.9. The van der Waals surface area contributed by atoms with Crippen LogP contribution in [0.3, 0.4) is 0 Å². The second-order valence-corrected chi connectivity index (χ2v) is 8.08. The topological polar surface area (TPSA) is 127 Å². The first-order chi connectivity index (χ1) is 16.0. The van der Waals surface area contributed by atoms with Crippen LogP contribution in [0.1, 0.15) is 6.92 Å². The number of anilines is 3. The molecule has 0 aliphatic carbocycles. The Kier molecular flexibility index (Phi) is 5.70. The molecule has 33 heavy (non-hydrogen) atoms. The molecule has 14 heteroatoms. The van der Waals surface area contributed by atoms with Crippen LogP contribution in [-0.4, -0.2) is 66.4 Å². The quantitative estimate of drug-likeness (QED) is 0.448. The molecular formula is C19H18Cl2N10O2. The number of pyridine rings is 1. The van der Waals surface area contributed by atoms with Gasteiger partial charge in [-0.15, -0.1) is 4.80 Å². The molecule has 0 radical (unpaired) electrons. The Morgan fingerprint density at radius 2 is 2.00 bits per heavy atom. The molecule has 2 N–H and O–H groups in total. The molecule has 0 unspecified atom stereocenters. The summed E-state index contributed by atoms with van der Waals surface area (Å²) >= 11 is 12.4. The van der Waals surface area contributed by atoms with Crippen molar-refractivity contribution in [2.24, 2.45) is 0 Å². The van der Waals surface area contributed by atoms with Crippen LogP contribution < -0.4 is 15.5 Å². The van der Waals surface area contributed by atoms with Crippen LogP contribution in [0.25, 0.3) is 11.5 Å². The molecule has 1 fully saturated rings. The van der Waals surface area contributed by atoms with Gasteiger partial charge in [-0.3, -0.25) is 0 Å². The Morgan fingerprint density at radius 1 is 1.18 bits per heavy atom. The summed E-state index contributed by atoms with van der Waals surface area (Å²) in [5.41, 5.74) is 2.12. The molecule has 1 aliphatic heterocycles. The Balaban J connectivity index is 1.41. The molecule has 0 bridgehead atoms. The maximum Gasteiger partial charge on any atom is 0.323 e. The number of nitrogens with zero attached hydrogens (tertiary/aromatic N) is 8. The average molecular weight is 489 g/mol. The number of morpholine rings is 1. The number of carbonyl (C=O) groups is 1. The van der Waals surface area contributed by atoms with Crippen molar-refractivity contribution in [1.82, 2.24) is 34.6 Å². The largest absolute Gasteiger partial charge is 0.377 e. The van der Waals surface area contributed by atoms with Gasteiger partial charge in [0.1, 0.15) is 10.8 Å². The SMILES string of the molecule is C[C@H]1COCCN1c1c(NC(=O)Nc2cnc(-n3nccn3)c(Cl)c2)cnn2cc(Cl)nc12. The molecule has 5 heterocycles. The van der Waals surface area contributed by atoms with E-state index in [0.717, 1.165) is 0 Å². The van der Waals surface area contributed by atoms with Gasteiger partial charge in [-0.05, 0) is 13.0 Å². The number of hydrogen-bond donors (Lipinski definition) is 2. The fourth-order valence-corrected chi connectivity index (χ4v) is 4.00. The first-order valence-electron chi connectivity index (χ1n) is 9.98. The molecule has 0 spiro atoms. The van der Waals surface area contributed by atoms with E-state index < -0.39 is 6.03 Å². The lowest BCUT2D eigenvalue weighted by Gasteiger charge is -2.36. The second kappa shape index (κ2) is 8.81. The van der Waals surface area contributed by atoms with E-state index in [1.807, 2.05) is 6.92 Å². The van der Waals surface area contributed by atoms with E-state index in [0.29, 0.717) is 53.4 Å². The molecule has 4 aromatic heterocycles. The van der Waals surface area contributed by atoms with Crippen molar-refractivity contribution in [2.75, 3.05) is 35.3 Å². The van der Waals surface area contributed by atoms with Crippen molar-refractivity contribution in [2.45, 2.75) is 13.0 Å². The lowest BCUT2D eigenvalue weighted by atomic mass is 10.2. The Hall–Kier alpha value is -3.48. The number of aromatic nitrogens is 7. The third-order valence-electron chi connectivity index (χ3n) is 5.03. The Morgan fingerprint density at radius 3 is 2.76 bits per heavy atom. The van der Waals surface area contributed by atoms with E-state index in [1.54, 1.807) is 23.0 Å². The van der Waals surface area contributed by atoms with Gasteiger partial charge in [0, 0.05) is 12.6 Å². The number of nitrogens with one attached hydrogen (secondary N) is 2. The third-order valence-corrected chi connectivity index (χ3v) is 5.49. The van der Waals surface area contributed by atoms with Crippen LogP contribution in [-0.2, 0) is 4.74 Å². The molecule has 0 aromatic carbocycles. The number of imidazole rings is 1. The average Bonchev–Trinajstić information content (AvgIpc) is 3.44. The smallest absolute Gasteiger partial charge is 0.323 e. The van der Waals surface area contributed by atoms with E-state index in [4.69, 9.17) is 27.9 Å². The number of carbonyl (C=O) groups excluding carboxylic acids is 1. The minimum Gasteiger partial charge on any atom is -0.377 e. The fraction of sp³-hybridized carbons (Fsp3) is 0.263. The van der Waals surface area contributed by atoms with Gasteiger partial charge in [-0.2, -0.15) is 15.3 Å². The molecule has 1 saturated heterocycles. The van der Waals surface area contributed by atoms with Crippen LogP contribution in [0.2, 0.25) is 10.2 Å². The summed E-state index contributed by atoms with van der Waals surface area (Å²) in [4.78, 5) is 24.8. The third kappa shape index (κ3) is 4.27. The number of halogens is 2. The highest BCUT2D eigenvalue weighted by molar-refractivity contribution is 6.32. The molecule has 170 valence electrons. The minimum atomic E-state index is -0.496. The van der Waals surface area contributed by atoms with E-state index in [-0.39, 0.29) is 11.1 Å². The maximum absolute atomic E-state index is 12.8. The Labute approximate surface area is 197 Å². The number of amides is 2. The van der Waals surface area contributed by atoms with E-state index in [1.165, 1.54) is 23.4 Å². The fourth-order valence-electron chi connectivity index (χ4n) is 3.58. The molecule has 4 aromatic rings. The van der Waals surface area contributed by atoms with Gasteiger partial charge in [-0.1, -0.05) is 23.2 Å². The number of fused-ring (bicyclic) bond motifs is 1. The predicted molar refractivity (Wildman–Crippen MR) is 122 cm³/mol. The molecule has 5 rings (SSSR count). The molecule has 1 aliphatic rings. The minimum absolute atomic E-state index is 0.0653. The first kappa shape index (κ1) is 21.4. The summed E-state index contributed by atoms with van der Waals surface area (Å²) in [7, 11) is 0. The van der Waals surface area contributed by atoms with Gasteiger partial charge in [0.2, 0.25) is 0 Å². The van der Waals surface area contributed by atoms with Gasteiger partial charge in [0.25, 0.3) is 0 Å². The summed E-state index contributed by atoms with van der Waals surface area (Å²) in [6, 6.07) is 1.13. The highest BCUT2D eigenvalue weighted by atomic mass is 35.5. The summed E-state index contributed by atoms with van der Waals surface area (Å²) in [5, 5.41) is 18.5. The van der Waals surface area contributed by atoms with Gasteiger partial charge in [0.15, 0.2) is 11.5 Å². The standard InChI is InChI=1S/C19H18Cl2N10O2/c1-11-10-33-5-4-29(11)16-14(8-25-30-9-15(21)28-18(16)30)27-19(32)26-12-6-13(20)17(22-7-12)31-23-2-3-24-31/h2-3,6-9,11H,4-5,10H2,1H3,(H2,26,27,32)/t11-/m0/s1. The predicted octanol–water partition coefficient (Wildman–Crippen LogP) is 2.88.